The zero-order chi connectivity index (χ0) is 10.4. The maximum Gasteiger partial charge on any atom is 0.0795 e. The molecule has 1 heterocycles. The van der Waals surface area contributed by atoms with Crippen molar-refractivity contribution in [3.8, 4) is 0 Å². The average Bonchev–Trinajstić information content (AvgIpc) is 2.64. The van der Waals surface area contributed by atoms with Crippen molar-refractivity contribution >= 4 is 11.3 Å². The fraction of sp³-hybridized carbons (Fsp3) is 0.700. The summed E-state index contributed by atoms with van der Waals surface area (Å²) in [6.45, 7) is 7.81. The lowest BCUT2D eigenvalue weighted by atomic mass is 10.2. The number of nitrogens with zero attached hydrogens (tertiary/aromatic N) is 1. The molecule has 1 unspecified atom stereocenters. The van der Waals surface area contributed by atoms with Gasteiger partial charge in [-0.3, -0.25) is 0 Å². The maximum atomic E-state index is 5.58. The summed E-state index contributed by atoms with van der Waals surface area (Å²) in [5.74, 6) is 0. The van der Waals surface area contributed by atoms with Gasteiger partial charge in [0.25, 0.3) is 0 Å². The standard InChI is InChI=1S/C10H18N2OS/c1-4-11-9(5-13-8(2)3)10-6-14-7-12-10/h6-9,11H,4-5H2,1-3H3. The molecule has 0 amide bonds. The quantitative estimate of drug-likeness (QED) is 0.788. The summed E-state index contributed by atoms with van der Waals surface area (Å²) in [5, 5.41) is 5.43. The van der Waals surface area contributed by atoms with Gasteiger partial charge in [-0.05, 0) is 20.4 Å². The Bertz CT molecular complexity index is 236. The minimum absolute atomic E-state index is 0.230. The van der Waals surface area contributed by atoms with E-state index in [0.717, 1.165) is 12.2 Å². The molecular weight excluding hydrogens is 196 g/mol. The van der Waals surface area contributed by atoms with Crippen molar-refractivity contribution in [2.45, 2.75) is 32.9 Å². The third-order valence-electron chi connectivity index (χ3n) is 1.86. The summed E-state index contributed by atoms with van der Waals surface area (Å²) >= 11 is 1.62. The van der Waals surface area contributed by atoms with E-state index in [9.17, 15) is 0 Å². The molecule has 0 bridgehead atoms. The van der Waals surface area contributed by atoms with Crippen molar-refractivity contribution in [1.82, 2.24) is 10.3 Å². The molecule has 0 aliphatic rings. The van der Waals surface area contributed by atoms with E-state index in [0.29, 0.717) is 6.61 Å². The zero-order valence-electron chi connectivity index (χ0n) is 8.99. The first-order valence-electron chi connectivity index (χ1n) is 4.97. The van der Waals surface area contributed by atoms with Crippen LogP contribution in [0.4, 0.5) is 0 Å². The fourth-order valence-electron chi connectivity index (χ4n) is 1.18. The van der Waals surface area contributed by atoms with E-state index in [2.05, 4.69) is 22.6 Å². The van der Waals surface area contributed by atoms with Crippen LogP contribution in [0.15, 0.2) is 10.9 Å². The highest BCUT2D eigenvalue weighted by Gasteiger charge is 2.12. The van der Waals surface area contributed by atoms with E-state index in [-0.39, 0.29) is 12.1 Å². The van der Waals surface area contributed by atoms with Crippen molar-refractivity contribution in [2.75, 3.05) is 13.2 Å². The van der Waals surface area contributed by atoms with Crippen molar-refractivity contribution in [3.05, 3.63) is 16.6 Å². The maximum absolute atomic E-state index is 5.58. The minimum atomic E-state index is 0.230. The third kappa shape index (κ3) is 3.74. The van der Waals surface area contributed by atoms with E-state index in [1.165, 1.54) is 0 Å². The number of hydrogen-bond donors (Lipinski definition) is 1. The summed E-state index contributed by atoms with van der Waals surface area (Å²) in [6.07, 6.45) is 0.273. The Morgan fingerprint density at radius 2 is 2.36 bits per heavy atom. The Kier molecular flexibility index (Phi) is 5.07. The van der Waals surface area contributed by atoms with Crippen LogP contribution in [0.1, 0.15) is 32.5 Å². The van der Waals surface area contributed by atoms with Crippen LogP contribution in [0.25, 0.3) is 0 Å². The third-order valence-corrected chi connectivity index (χ3v) is 2.46. The molecule has 1 N–H and O–H groups in total. The molecule has 1 rings (SSSR count). The monoisotopic (exact) mass is 214 g/mol. The number of nitrogens with one attached hydrogen (secondary N) is 1. The van der Waals surface area contributed by atoms with E-state index >= 15 is 0 Å². The van der Waals surface area contributed by atoms with Gasteiger partial charge >= 0.3 is 0 Å². The van der Waals surface area contributed by atoms with Crippen molar-refractivity contribution in [1.29, 1.82) is 0 Å². The highest BCUT2D eigenvalue weighted by atomic mass is 32.1. The van der Waals surface area contributed by atoms with Crippen LogP contribution in [0.3, 0.4) is 0 Å². The summed E-state index contributed by atoms with van der Waals surface area (Å²) < 4.78 is 5.58. The van der Waals surface area contributed by atoms with E-state index in [1.54, 1.807) is 11.3 Å². The fourth-order valence-corrected chi connectivity index (χ4v) is 1.79. The van der Waals surface area contributed by atoms with Gasteiger partial charge in [0, 0.05) is 5.38 Å². The SMILES string of the molecule is CCNC(COC(C)C)c1cscn1. The number of hydrogen-bond acceptors (Lipinski definition) is 4. The lowest BCUT2D eigenvalue weighted by Crippen LogP contribution is -2.26. The Hall–Kier alpha value is -0.450. The molecule has 0 saturated heterocycles. The normalized spacial score (nSPS) is 13.4. The number of ether oxygens (including phenoxy) is 1. The predicted octanol–water partition coefficient (Wildman–Crippen LogP) is 2.22. The molecule has 0 radical (unpaired) electrons. The van der Waals surface area contributed by atoms with Gasteiger partial charge in [-0.25, -0.2) is 4.98 Å². The first-order valence-corrected chi connectivity index (χ1v) is 5.91. The number of likely N-dealkylation sites (N-methyl/N-ethyl adjacent to an activating group) is 1. The van der Waals surface area contributed by atoms with Gasteiger partial charge < -0.3 is 10.1 Å². The topological polar surface area (TPSA) is 34.1 Å². The molecule has 0 saturated carbocycles. The van der Waals surface area contributed by atoms with Gasteiger partial charge in [0.2, 0.25) is 0 Å². The molecule has 80 valence electrons. The summed E-state index contributed by atoms with van der Waals surface area (Å²) in [7, 11) is 0. The largest absolute Gasteiger partial charge is 0.377 e. The molecule has 0 aliphatic heterocycles. The van der Waals surface area contributed by atoms with Crippen LogP contribution < -0.4 is 5.32 Å². The van der Waals surface area contributed by atoms with Crippen molar-refractivity contribution in [2.24, 2.45) is 0 Å². The van der Waals surface area contributed by atoms with Crippen LogP contribution in [0.2, 0.25) is 0 Å². The predicted molar refractivity (Wildman–Crippen MR) is 59.6 cm³/mol. The average molecular weight is 214 g/mol. The number of rotatable bonds is 6. The van der Waals surface area contributed by atoms with Crippen molar-refractivity contribution < 1.29 is 4.74 Å². The molecule has 0 fully saturated rings. The Balaban J connectivity index is 2.47. The molecule has 0 spiro atoms. The van der Waals surface area contributed by atoms with E-state index < -0.39 is 0 Å². The van der Waals surface area contributed by atoms with E-state index in [4.69, 9.17) is 4.74 Å². The second kappa shape index (κ2) is 6.11. The van der Waals surface area contributed by atoms with Crippen LogP contribution in [0.5, 0.6) is 0 Å². The summed E-state index contributed by atoms with van der Waals surface area (Å²) in [4.78, 5) is 4.29. The Morgan fingerprint density at radius 3 is 2.86 bits per heavy atom. The first-order chi connectivity index (χ1) is 6.74. The van der Waals surface area contributed by atoms with Crippen LogP contribution in [-0.4, -0.2) is 24.2 Å². The highest BCUT2D eigenvalue weighted by Crippen LogP contribution is 2.13. The smallest absolute Gasteiger partial charge is 0.0795 e. The molecule has 0 aromatic carbocycles. The second-order valence-corrected chi connectivity index (χ2v) is 4.12. The van der Waals surface area contributed by atoms with Crippen LogP contribution in [0, 0.1) is 0 Å². The van der Waals surface area contributed by atoms with Gasteiger partial charge in [-0.15, -0.1) is 11.3 Å². The Morgan fingerprint density at radius 1 is 1.57 bits per heavy atom. The second-order valence-electron chi connectivity index (χ2n) is 3.41. The van der Waals surface area contributed by atoms with Gasteiger partial charge in [-0.1, -0.05) is 6.92 Å². The molecule has 1 atom stereocenters. The first kappa shape index (κ1) is 11.6. The van der Waals surface area contributed by atoms with Gasteiger partial charge in [-0.2, -0.15) is 0 Å². The number of aromatic nitrogens is 1. The molecule has 14 heavy (non-hydrogen) atoms. The number of thiazole rings is 1. The van der Waals surface area contributed by atoms with Crippen LogP contribution in [-0.2, 0) is 4.74 Å². The molecular formula is C10H18N2OS. The zero-order valence-corrected chi connectivity index (χ0v) is 9.80. The van der Waals surface area contributed by atoms with Gasteiger partial charge in [0.1, 0.15) is 0 Å². The van der Waals surface area contributed by atoms with Gasteiger partial charge in [0.15, 0.2) is 0 Å². The molecule has 1 aromatic rings. The molecule has 3 nitrogen and oxygen atoms in total. The summed E-state index contributed by atoms with van der Waals surface area (Å²) in [6, 6.07) is 0.230. The summed E-state index contributed by atoms with van der Waals surface area (Å²) in [5.41, 5.74) is 2.94. The molecule has 4 heteroatoms. The molecule has 0 aliphatic carbocycles. The van der Waals surface area contributed by atoms with E-state index in [1.807, 2.05) is 19.4 Å². The lowest BCUT2D eigenvalue weighted by Gasteiger charge is -2.17. The lowest BCUT2D eigenvalue weighted by molar-refractivity contribution is 0.0607. The van der Waals surface area contributed by atoms with Gasteiger partial charge in [0.05, 0.1) is 30.0 Å². The van der Waals surface area contributed by atoms with Crippen molar-refractivity contribution in [3.63, 3.8) is 0 Å². The molecule has 1 aromatic heterocycles. The highest BCUT2D eigenvalue weighted by molar-refractivity contribution is 7.07. The minimum Gasteiger partial charge on any atom is -0.377 e. The Labute approximate surface area is 89.5 Å². The van der Waals surface area contributed by atoms with Crippen LogP contribution >= 0.6 is 11.3 Å².